The van der Waals surface area contributed by atoms with Crippen LogP contribution in [0.4, 0.5) is 25.1 Å². The minimum atomic E-state index is -1.04. The third-order valence-corrected chi connectivity index (χ3v) is 7.58. The highest BCUT2D eigenvalue weighted by molar-refractivity contribution is 5.79. The van der Waals surface area contributed by atoms with E-state index in [2.05, 4.69) is 20.6 Å². The lowest BCUT2D eigenvalue weighted by atomic mass is 10.0. The summed E-state index contributed by atoms with van der Waals surface area (Å²) in [4.78, 5) is 37.5. The standard InChI is InChI=1S/C31H36F2N6O4/c1-31(2,3)43-30(42)39-14-12-20(13-15-39)38(4)24(40)16-18-8-10-19(11-9-18)35-28-26-23(17-34-29(26)41)36-27(37-28)25-21(32)6-5-7-22(25)33/h5-11,20,29,34,41H,12-17H2,1-4H3,(H,35,36,37). The first-order valence-electron chi connectivity index (χ1n) is 14.3. The van der Waals surface area contributed by atoms with Gasteiger partial charge in [0.1, 0.15) is 29.3 Å². The van der Waals surface area contributed by atoms with Crippen LogP contribution in [0.3, 0.4) is 0 Å². The first kappa shape index (κ1) is 30.3. The lowest BCUT2D eigenvalue weighted by Gasteiger charge is -2.37. The normalized spacial score (nSPS) is 17.0. The number of aromatic nitrogens is 2. The van der Waals surface area contributed by atoms with E-state index in [0.717, 1.165) is 17.7 Å². The summed E-state index contributed by atoms with van der Waals surface area (Å²) in [5.41, 5.74) is 1.35. The summed E-state index contributed by atoms with van der Waals surface area (Å²) in [6, 6.07) is 10.7. The number of hydrogen-bond acceptors (Lipinski definition) is 8. The predicted octanol–water partition coefficient (Wildman–Crippen LogP) is 4.66. The number of nitrogens with zero attached hydrogens (tertiary/aromatic N) is 4. The number of ether oxygens (including phenoxy) is 1. The van der Waals surface area contributed by atoms with Crippen molar-refractivity contribution >= 4 is 23.5 Å². The van der Waals surface area contributed by atoms with E-state index in [4.69, 9.17) is 4.74 Å². The van der Waals surface area contributed by atoms with E-state index in [1.807, 2.05) is 32.9 Å². The number of halogens is 2. The molecular formula is C31H36F2N6O4. The molecule has 12 heteroatoms. The zero-order chi connectivity index (χ0) is 30.9. The quantitative estimate of drug-likeness (QED) is 0.377. The van der Waals surface area contributed by atoms with Crippen LogP contribution in [0.2, 0.25) is 0 Å². The van der Waals surface area contributed by atoms with Gasteiger partial charge in [-0.15, -0.1) is 0 Å². The van der Waals surface area contributed by atoms with E-state index in [-0.39, 0.29) is 48.2 Å². The Balaban J connectivity index is 1.23. The van der Waals surface area contributed by atoms with Gasteiger partial charge in [-0.05, 0) is 63.4 Å². The Labute approximate surface area is 249 Å². The maximum absolute atomic E-state index is 14.5. The van der Waals surface area contributed by atoms with Gasteiger partial charge in [-0.3, -0.25) is 10.1 Å². The Morgan fingerprint density at radius 1 is 1.09 bits per heavy atom. The molecule has 1 aromatic heterocycles. The average molecular weight is 595 g/mol. The van der Waals surface area contributed by atoms with Crippen LogP contribution in [0, 0.1) is 11.6 Å². The van der Waals surface area contributed by atoms with Gasteiger partial charge in [0, 0.05) is 38.4 Å². The largest absolute Gasteiger partial charge is 0.444 e. The number of carbonyl (C=O) groups excluding carboxylic acids is 2. The van der Waals surface area contributed by atoms with Crippen molar-refractivity contribution in [2.75, 3.05) is 25.5 Å². The van der Waals surface area contributed by atoms with Crippen molar-refractivity contribution in [1.82, 2.24) is 25.1 Å². The molecule has 1 fully saturated rings. The van der Waals surface area contributed by atoms with Crippen molar-refractivity contribution in [2.24, 2.45) is 0 Å². The van der Waals surface area contributed by atoms with Crippen molar-refractivity contribution in [3.63, 3.8) is 0 Å². The molecule has 3 N–H and O–H groups in total. The molecule has 2 amide bonds. The number of aliphatic hydroxyl groups excluding tert-OH is 1. The second-order valence-electron chi connectivity index (χ2n) is 11.8. The molecule has 1 unspecified atom stereocenters. The van der Waals surface area contributed by atoms with Crippen molar-refractivity contribution in [1.29, 1.82) is 0 Å². The molecule has 2 aliphatic rings. The number of anilines is 2. The molecule has 2 aromatic carbocycles. The van der Waals surface area contributed by atoms with Crippen LogP contribution in [-0.4, -0.2) is 68.7 Å². The first-order valence-corrected chi connectivity index (χ1v) is 14.3. The fourth-order valence-electron chi connectivity index (χ4n) is 5.26. The number of benzene rings is 2. The van der Waals surface area contributed by atoms with Crippen molar-refractivity contribution in [3.05, 3.63) is 70.9 Å². The van der Waals surface area contributed by atoms with Crippen LogP contribution in [0.1, 0.15) is 56.7 Å². The topological polar surface area (TPSA) is 120 Å². The fourth-order valence-corrected chi connectivity index (χ4v) is 5.26. The van der Waals surface area contributed by atoms with Crippen molar-refractivity contribution in [2.45, 2.75) is 64.4 Å². The summed E-state index contributed by atoms with van der Waals surface area (Å²) >= 11 is 0. The van der Waals surface area contributed by atoms with Crippen LogP contribution in [-0.2, 0) is 22.5 Å². The Kier molecular flexibility index (Phi) is 8.61. The van der Waals surface area contributed by atoms with E-state index in [1.54, 1.807) is 29.0 Å². The minimum absolute atomic E-state index is 0.0282. The molecule has 0 aliphatic carbocycles. The van der Waals surface area contributed by atoms with E-state index in [1.165, 1.54) is 6.07 Å². The zero-order valence-electron chi connectivity index (χ0n) is 24.7. The number of hydrogen-bond donors (Lipinski definition) is 3. The van der Waals surface area contributed by atoms with E-state index in [9.17, 15) is 23.5 Å². The van der Waals surface area contributed by atoms with E-state index >= 15 is 0 Å². The van der Waals surface area contributed by atoms with Gasteiger partial charge in [-0.2, -0.15) is 0 Å². The number of carbonyl (C=O) groups is 2. The molecule has 1 saturated heterocycles. The lowest BCUT2D eigenvalue weighted by molar-refractivity contribution is -0.132. The number of nitrogens with one attached hydrogen (secondary N) is 2. The Bertz CT molecular complexity index is 1480. The summed E-state index contributed by atoms with van der Waals surface area (Å²) in [6.07, 6.45) is 0.174. The number of rotatable bonds is 6. The molecule has 0 radical (unpaired) electrons. The van der Waals surface area contributed by atoms with Gasteiger partial charge in [0.2, 0.25) is 5.91 Å². The molecule has 1 atom stereocenters. The molecule has 5 rings (SSSR count). The highest BCUT2D eigenvalue weighted by Crippen LogP contribution is 2.34. The molecule has 3 heterocycles. The maximum atomic E-state index is 14.5. The molecule has 228 valence electrons. The van der Waals surface area contributed by atoms with Gasteiger partial charge in [0.15, 0.2) is 5.82 Å². The minimum Gasteiger partial charge on any atom is -0.444 e. The first-order chi connectivity index (χ1) is 20.4. The zero-order valence-corrected chi connectivity index (χ0v) is 24.7. The number of piperidine rings is 1. The van der Waals surface area contributed by atoms with Crippen LogP contribution < -0.4 is 10.6 Å². The van der Waals surface area contributed by atoms with E-state index < -0.39 is 23.5 Å². The lowest BCUT2D eigenvalue weighted by Crippen LogP contribution is -2.48. The van der Waals surface area contributed by atoms with Crippen LogP contribution in [0.15, 0.2) is 42.5 Å². The van der Waals surface area contributed by atoms with Crippen molar-refractivity contribution in [3.8, 4) is 11.4 Å². The monoisotopic (exact) mass is 594 g/mol. The second kappa shape index (κ2) is 12.2. The highest BCUT2D eigenvalue weighted by atomic mass is 19.1. The molecule has 43 heavy (non-hydrogen) atoms. The third-order valence-electron chi connectivity index (χ3n) is 7.58. The summed E-state index contributed by atoms with van der Waals surface area (Å²) in [7, 11) is 1.79. The molecule has 2 aliphatic heterocycles. The summed E-state index contributed by atoms with van der Waals surface area (Å²) in [6.45, 7) is 6.78. The molecular weight excluding hydrogens is 558 g/mol. The van der Waals surface area contributed by atoms with Gasteiger partial charge < -0.3 is 25.0 Å². The predicted molar refractivity (Wildman–Crippen MR) is 156 cm³/mol. The Morgan fingerprint density at radius 2 is 1.74 bits per heavy atom. The maximum Gasteiger partial charge on any atom is 0.410 e. The summed E-state index contributed by atoms with van der Waals surface area (Å²) < 4.78 is 34.4. The number of likely N-dealkylation sites (tertiary alicyclic amines) is 1. The van der Waals surface area contributed by atoms with E-state index in [0.29, 0.717) is 42.9 Å². The smallest absolute Gasteiger partial charge is 0.410 e. The van der Waals surface area contributed by atoms with Crippen molar-refractivity contribution < 1.29 is 28.2 Å². The summed E-state index contributed by atoms with van der Waals surface area (Å²) in [5, 5.41) is 16.4. The van der Waals surface area contributed by atoms with Gasteiger partial charge >= 0.3 is 6.09 Å². The van der Waals surface area contributed by atoms with Crippen LogP contribution in [0.5, 0.6) is 0 Å². The molecule has 0 bridgehead atoms. The Morgan fingerprint density at radius 3 is 2.37 bits per heavy atom. The van der Waals surface area contributed by atoms with Gasteiger partial charge in [0.05, 0.1) is 23.2 Å². The molecule has 10 nitrogen and oxygen atoms in total. The Hall–Kier alpha value is -4.16. The van der Waals surface area contributed by atoms with Gasteiger partial charge in [0.25, 0.3) is 0 Å². The molecule has 3 aromatic rings. The SMILES string of the molecule is CN(C(=O)Cc1ccc(Nc2nc(-c3c(F)cccc3F)nc3c2C(O)NC3)cc1)C1CCN(C(=O)OC(C)(C)C)CC1. The highest BCUT2D eigenvalue weighted by Gasteiger charge is 2.31. The molecule has 0 spiro atoms. The number of likely N-dealkylation sites (N-methyl/N-ethyl adjacent to an activating group) is 1. The fraction of sp³-hybridized carbons (Fsp3) is 0.419. The van der Waals surface area contributed by atoms with Gasteiger partial charge in [-0.25, -0.2) is 23.5 Å². The van der Waals surface area contributed by atoms with Gasteiger partial charge in [-0.1, -0.05) is 18.2 Å². The number of aliphatic hydroxyl groups is 1. The number of fused-ring (bicyclic) bond motifs is 1. The summed E-state index contributed by atoms with van der Waals surface area (Å²) in [5.74, 6) is -1.51. The number of amides is 2. The van der Waals surface area contributed by atoms with Crippen LogP contribution >= 0.6 is 0 Å². The average Bonchev–Trinajstić information content (AvgIpc) is 3.33. The second-order valence-corrected chi connectivity index (χ2v) is 11.8. The third kappa shape index (κ3) is 6.91. The molecule has 0 saturated carbocycles. The van der Waals surface area contributed by atoms with Crippen LogP contribution in [0.25, 0.3) is 11.4 Å².